The van der Waals surface area contributed by atoms with Crippen LogP contribution in [0.4, 0.5) is 0 Å². The van der Waals surface area contributed by atoms with Crippen molar-refractivity contribution in [1.82, 2.24) is 15.0 Å². The van der Waals surface area contributed by atoms with Crippen molar-refractivity contribution in [1.29, 1.82) is 0 Å². The third kappa shape index (κ3) is 8.45. The highest BCUT2D eigenvalue weighted by Gasteiger charge is 2.22. The molecule has 190 valence electrons. The zero-order valence-electron chi connectivity index (χ0n) is 19.9. The summed E-state index contributed by atoms with van der Waals surface area (Å²) in [7, 11) is -4.30. The molecule has 0 bridgehead atoms. The number of carboxylic acid groups (broad SMARTS) is 1. The molecule has 3 N–H and O–H groups in total. The van der Waals surface area contributed by atoms with Gasteiger partial charge < -0.3 is 15.2 Å². The molecule has 0 aliphatic heterocycles. The van der Waals surface area contributed by atoms with Crippen LogP contribution < -0.4 is 10.0 Å². The third-order valence-corrected chi connectivity index (χ3v) is 6.40. The number of unbranched alkanes of at least 4 members (excludes halogenated alkanes) is 2. The summed E-state index contributed by atoms with van der Waals surface area (Å²) in [6, 6.07) is 6.67. The molecule has 2 rings (SSSR count). The standard InChI is InChI=1S/C24H31N3O7S/c1-3-5-6-9-17-14-19(16-26-21(17)24(30)31)23(29)27-35(32,33)20-11-7-10-18(15-20)22(28)25-12-8-13-34-4-2/h7,10-11,14-16H,3-6,8-9,12-13H2,1-2H3,(H,25,28)(H,27,29)(H,30,31). The number of carbonyl (C=O) groups excluding carboxylic acids is 2. The van der Waals surface area contributed by atoms with Crippen molar-refractivity contribution in [2.75, 3.05) is 19.8 Å². The molecule has 0 atom stereocenters. The number of aromatic carboxylic acids is 1. The van der Waals surface area contributed by atoms with Crippen LogP contribution in [0.25, 0.3) is 0 Å². The van der Waals surface area contributed by atoms with Crippen molar-refractivity contribution in [3.05, 3.63) is 58.9 Å². The van der Waals surface area contributed by atoms with Gasteiger partial charge in [-0.2, -0.15) is 0 Å². The van der Waals surface area contributed by atoms with Gasteiger partial charge in [0.05, 0.1) is 10.5 Å². The maximum Gasteiger partial charge on any atom is 0.354 e. The predicted octanol–water partition coefficient (Wildman–Crippen LogP) is 2.79. The van der Waals surface area contributed by atoms with Crippen LogP contribution in [0.3, 0.4) is 0 Å². The number of pyridine rings is 1. The van der Waals surface area contributed by atoms with E-state index in [9.17, 15) is 27.9 Å². The van der Waals surface area contributed by atoms with Crippen molar-refractivity contribution >= 4 is 27.8 Å². The van der Waals surface area contributed by atoms with E-state index in [1.807, 2.05) is 18.6 Å². The summed E-state index contributed by atoms with van der Waals surface area (Å²) in [6.07, 6.45) is 4.56. The molecule has 10 nitrogen and oxygen atoms in total. The smallest absolute Gasteiger partial charge is 0.354 e. The van der Waals surface area contributed by atoms with E-state index in [1.165, 1.54) is 30.3 Å². The molecule has 1 aromatic heterocycles. The van der Waals surface area contributed by atoms with Gasteiger partial charge in [0.15, 0.2) is 5.69 Å². The second kappa shape index (κ2) is 13.5. The van der Waals surface area contributed by atoms with Gasteiger partial charge in [0, 0.05) is 31.5 Å². The van der Waals surface area contributed by atoms with Crippen LogP contribution in [0.15, 0.2) is 41.4 Å². The van der Waals surface area contributed by atoms with Crippen molar-refractivity contribution < 1.29 is 32.6 Å². The lowest BCUT2D eigenvalue weighted by atomic mass is 10.0. The maximum absolute atomic E-state index is 12.8. The number of hydrogen-bond donors (Lipinski definition) is 3. The summed E-state index contributed by atoms with van der Waals surface area (Å²) < 4.78 is 32.8. The van der Waals surface area contributed by atoms with Crippen LogP contribution in [0.5, 0.6) is 0 Å². The highest BCUT2D eigenvalue weighted by Crippen LogP contribution is 2.16. The Morgan fingerprint density at radius 1 is 1.03 bits per heavy atom. The van der Waals surface area contributed by atoms with Gasteiger partial charge in [0.25, 0.3) is 21.8 Å². The summed E-state index contributed by atoms with van der Waals surface area (Å²) in [5.74, 6) is -2.61. The fraction of sp³-hybridized carbons (Fsp3) is 0.417. The Bertz CT molecular complexity index is 1150. The summed E-state index contributed by atoms with van der Waals surface area (Å²) >= 11 is 0. The average Bonchev–Trinajstić information content (AvgIpc) is 2.83. The molecule has 1 heterocycles. The second-order valence-electron chi connectivity index (χ2n) is 7.76. The lowest BCUT2D eigenvalue weighted by Crippen LogP contribution is -2.31. The van der Waals surface area contributed by atoms with E-state index in [1.54, 1.807) is 0 Å². The summed E-state index contributed by atoms with van der Waals surface area (Å²) in [6.45, 7) is 5.33. The van der Waals surface area contributed by atoms with Crippen molar-refractivity contribution in [3.63, 3.8) is 0 Å². The summed E-state index contributed by atoms with van der Waals surface area (Å²) in [5.41, 5.74) is 0.246. The highest BCUT2D eigenvalue weighted by molar-refractivity contribution is 7.90. The van der Waals surface area contributed by atoms with Crippen molar-refractivity contribution in [3.8, 4) is 0 Å². The second-order valence-corrected chi connectivity index (χ2v) is 9.45. The number of ether oxygens (including phenoxy) is 1. The molecule has 35 heavy (non-hydrogen) atoms. The molecular formula is C24H31N3O7S. The van der Waals surface area contributed by atoms with E-state index in [0.29, 0.717) is 44.6 Å². The van der Waals surface area contributed by atoms with E-state index < -0.39 is 27.8 Å². The average molecular weight is 506 g/mol. The number of aryl methyl sites for hydroxylation is 1. The van der Waals surface area contributed by atoms with Crippen LogP contribution >= 0.6 is 0 Å². The van der Waals surface area contributed by atoms with Crippen LogP contribution in [-0.4, -0.2) is 56.1 Å². The zero-order chi connectivity index (χ0) is 25.8. The van der Waals surface area contributed by atoms with Gasteiger partial charge in [-0.3, -0.25) is 9.59 Å². The minimum Gasteiger partial charge on any atom is -0.477 e. The van der Waals surface area contributed by atoms with Gasteiger partial charge >= 0.3 is 5.97 Å². The first-order valence-electron chi connectivity index (χ1n) is 11.4. The van der Waals surface area contributed by atoms with E-state index in [-0.39, 0.29) is 21.7 Å². The largest absolute Gasteiger partial charge is 0.477 e. The number of rotatable bonds is 14. The number of aromatic nitrogens is 1. The number of carbonyl (C=O) groups is 3. The van der Waals surface area contributed by atoms with Gasteiger partial charge in [-0.1, -0.05) is 25.8 Å². The molecule has 2 aromatic rings. The molecule has 0 radical (unpaired) electrons. The minimum atomic E-state index is -4.30. The third-order valence-electron chi connectivity index (χ3n) is 5.07. The molecular weight excluding hydrogens is 474 g/mol. The quantitative estimate of drug-likeness (QED) is 0.332. The van der Waals surface area contributed by atoms with Gasteiger partial charge in [-0.15, -0.1) is 0 Å². The minimum absolute atomic E-state index is 0.0757. The van der Waals surface area contributed by atoms with Crippen molar-refractivity contribution in [2.45, 2.75) is 50.8 Å². The molecule has 0 aliphatic carbocycles. The molecule has 0 saturated heterocycles. The first kappa shape index (κ1) is 27.9. The van der Waals surface area contributed by atoms with E-state index >= 15 is 0 Å². The molecule has 11 heteroatoms. The fourth-order valence-electron chi connectivity index (χ4n) is 3.25. The summed E-state index contributed by atoms with van der Waals surface area (Å²) in [5, 5.41) is 12.0. The zero-order valence-corrected chi connectivity index (χ0v) is 20.7. The SMILES string of the molecule is CCCCCc1cc(C(=O)NS(=O)(=O)c2cccc(C(=O)NCCCOCC)c2)cnc1C(=O)O. The van der Waals surface area contributed by atoms with E-state index in [0.717, 1.165) is 19.0 Å². The summed E-state index contributed by atoms with van der Waals surface area (Å²) in [4.78, 5) is 40.1. The number of hydrogen-bond acceptors (Lipinski definition) is 7. The highest BCUT2D eigenvalue weighted by atomic mass is 32.2. The Morgan fingerprint density at radius 3 is 2.49 bits per heavy atom. The molecule has 0 spiro atoms. The molecule has 0 unspecified atom stereocenters. The molecule has 0 fully saturated rings. The number of benzene rings is 1. The van der Waals surface area contributed by atoms with Crippen molar-refractivity contribution in [2.24, 2.45) is 0 Å². The Labute approximate surface area is 205 Å². The van der Waals surface area contributed by atoms with E-state index in [4.69, 9.17) is 4.74 Å². The topological polar surface area (TPSA) is 152 Å². The van der Waals surface area contributed by atoms with Gasteiger partial charge in [-0.05, 0) is 56.0 Å². The normalized spacial score (nSPS) is 11.1. The first-order valence-corrected chi connectivity index (χ1v) is 12.9. The van der Waals surface area contributed by atoms with Crippen LogP contribution in [0, 0.1) is 0 Å². The first-order chi connectivity index (χ1) is 16.7. The number of amides is 2. The molecule has 0 aliphatic rings. The maximum atomic E-state index is 12.8. The Balaban J connectivity index is 2.14. The van der Waals surface area contributed by atoms with Gasteiger partial charge in [-0.25, -0.2) is 22.9 Å². The lowest BCUT2D eigenvalue weighted by Gasteiger charge is -2.11. The number of nitrogens with one attached hydrogen (secondary N) is 2. The fourth-order valence-corrected chi connectivity index (χ4v) is 4.27. The van der Waals surface area contributed by atoms with Crippen LogP contribution in [0.1, 0.15) is 76.3 Å². The van der Waals surface area contributed by atoms with Gasteiger partial charge in [0.2, 0.25) is 0 Å². The Hall–Kier alpha value is -3.31. The number of carboxylic acids is 1. The Kier molecular flexibility index (Phi) is 10.8. The van der Waals surface area contributed by atoms with Crippen LogP contribution in [0.2, 0.25) is 0 Å². The lowest BCUT2D eigenvalue weighted by molar-refractivity contribution is 0.0688. The number of nitrogens with zero attached hydrogens (tertiary/aromatic N) is 1. The molecule has 0 saturated carbocycles. The Morgan fingerprint density at radius 2 is 1.80 bits per heavy atom. The predicted molar refractivity (Wildman–Crippen MR) is 129 cm³/mol. The molecule has 1 aromatic carbocycles. The molecule has 2 amide bonds. The van der Waals surface area contributed by atoms with Crippen LogP contribution in [-0.2, 0) is 21.2 Å². The number of sulfonamides is 1. The monoisotopic (exact) mass is 505 g/mol. The van der Waals surface area contributed by atoms with E-state index in [2.05, 4.69) is 10.3 Å². The van der Waals surface area contributed by atoms with Gasteiger partial charge in [0.1, 0.15) is 0 Å².